The molecule has 2 aromatic heterocycles. The van der Waals surface area contributed by atoms with E-state index < -0.39 is 0 Å². The predicted octanol–water partition coefficient (Wildman–Crippen LogP) is 3.24. The Morgan fingerprint density at radius 2 is 2.28 bits per heavy atom. The van der Waals surface area contributed by atoms with Crippen molar-refractivity contribution in [1.29, 1.82) is 0 Å². The molecule has 0 aromatic carbocycles. The normalized spacial score (nSPS) is 10.6. The minimum atomic E-state index is -0.0887. The van der Waals surface area contributed by atoms with Gasteiger partial charge in [-0.15, -0.1) is 11.3 Å². The van der Waals surface area contributed by atoms with Gasteiger partial charge in [-0.2, -0.15) is 5.10 Å². The first-order valence-electron chi connectivity index (χ1n) is 6.17. The minimum Gasteiger partial charge on any atom is -0.304 e. The zero-order valence-corrected chi connectivity index (χ0v) is 11.4. The van der Waals surface area contributed by atoms with Crippen LogP contribution < -0.4 is 5.32 Å². The lowest BCUT2D eigenvalue weighted by Crippen LogP contribution is -2.10. The number of rotatable bonds is 5. The molecule has 0 spiro atoms. The van der Waals surface area contributed by atoms with Crippen LogP contribution in [0.3, 0.4) is 0 Å². The molecule has 0 fully saturated rings. The molecule has 0 saturated carbocycles. The van der Waals surface area contributed by atoms with Crippen LogP contribution in [-0.4, -0.2) is 16.1 Å². The molecule has 2 N–H and O–H groups in total. The van der Waals surface area contributed by atoms with Crippen molar-refractivity contribution in [2.45, 2.75) is 33.1 Å². The molecule has 0 unspecified atom stereocenters. The molecule has 0 saturated heterocycles. The molecule has 2 aromatic rings. The van der Waals surface area contributed by atoms with E-state index >= 15 is 0 Å². The van der Waals surface area contributed by atoms with Gasteiger partial charge in [0.05, 0.1) is 4.88 Å². The lowest BCUT2D eigenvalue weighted by molar-refractivity contribution is 0.103. The van der Waals surface area contributed by atoms with E-state index in [9.17, 15) is 4.79 Å². The van der Waals surface area contributed by atoms with Gasteiger partial charge in [-0.05, 0) is 25.0 Å². The first-order valence-corrected chi connectivity index (χ1v) is 6.99. The van der Waals surface area contributed by atoms with Crippen LogP contribution in [0.1, 0.15) is 40.5 Å². The van der Waals surface area contributed by atoms with Crippen molar-refractivity contribution in [1.82, 2.24) is 10.2 Å². The maximum atomic E-state index is 12.0. The first kappa shape index (κ1) is 12.8. The number of thiophene rings is 1. The van der Waals surface area contributed by atoms with E-state index in [2.05, 4.69) is 29.4 Å². The monoisotopic (exact) mass is 263 g/mol. The maximum Gasteiger partial charge on any atom is 0.266 e. The fourth-order valence-corrected chi connectivity index (χ4v) is 2.53. The fraction of sp³-hybridized carbons (Fsp3) is 0.385. The smallest absolute Gasteiger partial charge is 0.266 e. The third kappa shape index (κ3) is 2.98. The Kier molecular flexibility index (Phi) is 4.15. The molecule has 2 heterocycles. The lowest BCUT2D eigenvalue weighted by Gasteiger charge is -1.97. The molecule has 0 aliphatic carbocycles. The van der Waals surface area contributed by atoms with Gasteiger partial charge in [0.2, 0.25) is 0 Å². The number of hydrogen-bond donors (Lipinski definition) is 2. The highest BCUT2D eigenvalue weighted by Gasteiger charge is 2.10. The third-order valence-corrected chi connectivity index (χ3v) is 3.85. The maximum absolute atomic E-state index is 12.0. The number of anilines is 1. The van der Waals surface area contributed by atoms with Gasteiger partial charge in [0.15, 0.2) is 5.82 Å². The molecule has 96 valence electrons. The summed E-state index contributed by atoms with van der Waals surface area (Å²) in [5.41, 5.74) is 1.05. The van der Waals surface area contributed by atoms with Gasteiger partial charge in [-0.3, -0.25) is 9.89 Å². The highest BCUT2D eigenvalue weighted by Crippen LogP contribution is 2.18. The Hall–Kier alpha value is -1.62. The molecule has 18 heavy (non-hydrogen) atoms. The zero-order valence-electron chi connectivity index (χ0n) is 10.6. The van der Waals surface area contributed by atoms with Crippen molar-refractivity contribution in [2.75, 3.05) is 5.32 Å². The second-order valence-corrected chi connectivity index (χ2v) is 5.27. The van der Waals surface area contributed by atoms with E-state index in [0.29, 0.717) is 5.82 Å². The van der Waals surface area contributed by atoms with Crippen LogP contribution in [0.25, 0.3) is 0 Å². The van der Waals surface area contributed by atoms with Gasteiger partial charge in [-0.25, -0.2) is 0 Å². The summed E-state index contributed by atoms with van der Waals surface area (Å²) in [6.07, 6.45) is 2.96. The SMILES string of the molecule is CCCc1cc(NC(=O)c2ccc(CC)s2)n[nH]1. The highest BCUT2D eigenvalue weighted by molar-refractivity contribution is 7.14. The van der Waals surface area contributed by atoms with E-state index in [1.807, 2.05) is 18.2 Å². The van der Waals surface area contributed by atoms with Gasteiger partial charge in [-0.1, -0.05) is 20.3 Å². The average Bonchev–Trinajstić information content (AvgIpc) is 2.98. The van der Waals surface area contributed by atoms with Gasteiger partial charge in [0.25, 0.3) is 5.91 Å². The summed E-state index contributed by atoms with van der Waals surface area (Å²) < 4.78 is 0. The summed E-state index contributed by atoms with van der Waals surface area (Å²) in [5, 5.41) is 9.80. The van der Waals surface area contributed by atoms with Crippen molar-refractivity contribution in [3.63, 3.8) is 0 Å². The molecule has 0 radical (unpaired) electrons. The third-order valence-electron chi connectivity index (χ3n) is 2.63. The molecular formula is C13H17N3OS. The zero-order chi connectivity index (χ0) is 13.0. The minimum absolute atomic E-state index is 0.0887. The fourth-order valence-electron chi connectivity index (χ4n) is 1.69. The van der Waals surface area contributed by atoms with Crippen LogP contribution in [-0.2, 0) is 12.8 Å². The summed E-state index contributed by atoms with van der Waals surface area (Å²) >= 11 is 1.53. The standard InChI is InChI=1S/C13H17N3OS/c1-3-5-9-8-12(16-15-9)14-13(17)11-7-6-10(4-2)18-11/h6-8H,3-5H2,1-2H3,(H2,14,15,16,17). The summed E-state index contributed by atoms with van der Waals surface area (Å²) in [6, 6.07) is 5.74. The van der Waals surface area contributed by atoms with Crippen LogP contribution in [0.15, 0.2) is 18.2 Å². The average molecular weight is 263 g/mol. The number of aromatic nitrogens is 2. The molecule has 5 heteroatoms. The Labute approximate surface area is 110 Å². The van der Waals surface area contributed by atoms with E-state index in [1.165, 1.54) is 16.2 Å². The number of carbonyl (C=O) groups excluding carboxylic acids is 1. The van der Waals surface area contributed by atoms with Crippen molar-refractivity contribution in [3.05, 3.63) is 33.6 Å². The molecule has 0 aliphatic rings. The Morgan fingerprint density at radius 1 is 1.44 bits per heavy atom. The Bertz CT molecular complexity index is 530. The topological polar surface area (TPSA) is 57.8 Å². The number of aromatic amines is 1. The van der Waals surface area contributed by atoms with Crippen LogP contribution in [0, 0.1) is 0 Å². The number of nitrogens with zero attached hydrogens (tertiary/aromatic N) is 1. The van der Waals surface area contributed by atoms with Gasteiger partial charge in [0, 0.05) is 16.6 Å². The number of carbonyl (C=O) groups is 1. The van der Waals surface area contributed by atoms with E-state index in [4.69, 9.17) is 0 Å². The van der Waals surface area contributed by atoms with Gasteiger partial charge < -0.3 is 5.32 Å². The molecular weight excluding hydrogens is 246 g/mol. The van der Waals surface area contributed by atoms with E-state index in [0.717, 1.165) is 29.8 Å². The highest BCUT2D eigenvalue weighted by atomic mass is 32.1. The largest absolute Gasteiger partial charge is 0.304 e. The van der Waals surface area contributed by atoms with Gasteiger partial charge >= 0.3 is 0 Å². The summed E-state index contributed by atoms with van der Waals surface area (Å²) in [5.74, 6) is 0.504. The second kappa shape index (κ2) is 5.82. The molecule has 0 aliphatic heterocycles. The quantitative estimate of drug-likeness (QED) is 0.870. The molecule has 2 rings (SSSR count). The number of hydrogen-bond acceptors (Lipinski definition) is 3. The van der Waals surface area contributed by atoms with Crippen LogP contribution in [0.4, 0.5) is 5.82 Å². The Balaban J connectivity index is 2.01. The lowest BCUT2D eigenvalue weighted by atomic mass is 10.2. The van der Waals surface area contributed by atoms with Crippen molar-refractivity contribution >= 4 is 23.1 Å². The number of amides is 1. The molecule has 1 amide bonds. The van der Waals surface area contributed by atoms with Crippen LogP contribution in [0.5, 0.6) is 0 Å². The summed E-state index contributed by atoms with van der Waals surface area (Å²) in [4.78, 5) is 13.9. The van der Waals surface area contributed by atoms with E-state index in [-0.39, 0.29) is 5.91 Å². The number of H-pyrrole nitrogens is 1. The van der Waals surface area contributed by atoms with Crippen LogP contribution in [0.2, 0.25) is 0 Å². The molecule has 0 bridgehead atoms. The van der Waals surface area contributed by atoms with Gasteiger partial charge in [0.1, 0.15) is 0 Å². The number of aryl methyl sites for hydroxylation is 2. The Morgan fingerprint density at radius 3 is 2.94 bits per heavy atom. The van der Waals surface area contributed by atoms with Crippen molar-refractivity contribution in [3.8, 4) is 0 Å². The summed E-state index contributed by atoms with van der Waals surface area (Å²) in [7, 11) is 0. The number of nitrogens with one attached hydrogen (secondary N) is 2. The van der Waals surface area contributed by atoms with Crippen molar-refractivity contribution in [2.24, 2.45) is 0 Å². The predicted molar refractivity (Wildman–Crippen MR) is 74.2 cm³/mol. The molecule has 0 atom stereocenters. The summed E-state index contributed by atoms with van der Waals surface area (Å²) in [6.45, 7) is 4.19. The second-order valence-electron chi connectivity index (χ2n) is 4.10. The van der Waals surface area contributed by atoms with Crippen LogP contribution >= 0.6 is 11.3 Å². The van der Waals surface area contributed by atoms with E-state index in [1.54, 1.807) is 0 Å². The van der Waals surface area contributed by atoms with Crippen molar-refractivity contribution < 1.29 is 4.79 Å². The first-order chi connectivity index (χ1) is 8.72. The molecule has 4 nitrogen and oxygen atoms in total.